The number of hydrogen-bond acceptors (Lipinski definition) is 5. The predicted molar refractivity (Wildman–Crippen MR) is 50.6 cm³/mol. The number of rotatable bonds is 3. The van der Waals surface area contributed by atoms with Crippen LogP contribution in [0.15, 0.2) is 23.0 Å². The second-order valence-electron chi connectivity index (χ2n) is 3.01. The Bertz CT molecular complexity index is 440. The van der Waals surface area contributed by atoms with E-state index in [4.69, 9.17) is 4.52 Å². The molecule has 0 aliphatic carbocycles. The number of aromatic nitrogens is 3. The van der Waals surface area contributed by atoms with Gasteiger partial charge in [0, 0.05) is 6.07 Å². The molecule has 6 heteroatoms. The van der Waals surface area contributed by atoms with Gasteiger partial charge in [0.1, 0.15) is 0 Å². The Kier molecular flexibility index (Phi) is 2.57. The minimum atomic E-state index is -0.462. The van der Waals surface area contributed by atoms with Gasteiger partial charge in [0.15, 0.2) is 11.6 Å². The Labute approximate surface area is 85.3 Å². The van der Waals surface area contributed by atoms with Crippen LogP contribution in [0.1, 0.15) is 11.5 Å². The molecule has 0 aliphatic rings. The van der Waals surface area contributed by atoms with Crippen molar-refractivity contribution >= 4 is 5.95 Å². The van der Waals surface area contributed by atoms with Crippen molar-refractivity contribution in [3.63, 3.8) is 0 Å². The van der Waals surface area contributed by atoms with Gasteiger partial charge in [-0.15, -0.1) is 0 Å². The Hall–Kier alpha value is -1.98. The summed E-state index contributed by atoms with van der Waals surface area (Å²) in [6.45, 7) is 2.26. The van der Waals surface area contributed by atoms with Crippen molar-refractivity contribution < 1.29 is 8.91 Å². The molecule has 2 aromatic heterocycles. The molecule has 5 nitrogen and oxygen atoms in total. The van der Waals surface area contributed by atoms with Crippen LogP contribution in [0.3, 0.4) is 0 Å². The smallest absolute Gasteiger partial charge is 0.223 e. The van der Waals surface area contributed by atoms with Crippen molar-refractivity contribution in [3.05, 3.63) is 35.7 Å². The van der Waals surface area contributed by atoms with Crippen LogP contribution in [0.4, 0.5) is 10.3 Å². The highest BCUT2D eigenvalue weighted by atomic mass is 19.1. The quantitative estimate of drug-likeness (QED) is 0.828. The summed E-state index contributed by atoms with van der Waals surface area (Å²) >= 11 is 0. The molecule has 0 saturated heterocycles. The Morgan fingerprint density at radius 2 is 2.13 bits per heavy atom. The van der Waals surface area contributed by atoms with E-state index in [1.165, 1.54) is 0 Å². The van der Waals surface area contributed by atoms with Crippen LogP contribution in [-0.2, 0) is 6.54 Å². The molecule has 1 N–H and O–H groups in total. The summed E-state index contributed by atoms with van der Waals surface area (Å²) in [7, 11) is 0. The molecule has 0 amide bonds. The van der Waals surface area contributed by atoms with E-state index < -0.39 is 5.82 Å². The van der Waals surface area contributed by atoms with Crippen molar-refractivity contribution in [2.75, 3.05) is 5.32 Å². The summed E-state index contributed by atoms with van der Waals surface area (Å²) in [5.74, 6) is 0.571. The molecule has 2 rings (SSSR count). The van der Waals surface area contributed by atoms with Crippen molar-refractivity contribution in [1.82, 2.24) is 15.1 Å². The molecule has 0 atom stereocenters. The zero-order chi connectivity index (χ0) is 10.7. The number of anilines is 1. The molecule has 15 heavy (non-hydrogen) atoms. The molecular formula is C9H9FN4O. The molecular weight excluding hydrogens is 199 g/mol. The molecule has 0 unspecified atom stereocenters. The second-order valence-corrected chi connectivity index (χ2v) is 3.01. The number of nitrogens with zero attached hydrogens (tertiary/aromatic N) is 3. The zero-order valence-electron chi connectivity index (χ0n) is 8.07. The van der Waals surface area contributed by atoms with Crippen molar-refractivity contribution in [2.45, 2.75) is 13.5 Å². The zero-order valence-corrected chi connectivity index (χ0v) is 8.07. The lowest BCUT2D eigenvalue weighted by atomic mass is 10.4. The Morgan fingerprint density at radius 1 is 1.40 bits per heavy atom. The van der Waals surface area contributed by atoms with E-state index in [0.29, 0.717) is 18.3 Å². The van der Waals surface area contributed by atoms with Crippen molar-refractivity contribution in [1.29, 1.82) is 0 Å². The summed E-state index contributed by atoms with van der Waals surface area (Å²) in [4.78, 5) is 7.48. The van der Waals surface area contributed by atoms with Gasteiger partial charge in [0.05, 0.1) is 24.6 Å². The van der Waals surface area contributed by atoms with Crippen LogP contribution < -0.4 is 5.32 Å². The van der Waals surface area contributed by atoms with E-state index in [0.717, 1.165) is 18.1 Å². The number of halogens is 1. The molecule has 0 aromatic carbocycles. The van der Waals surface area contributed by atoms with E-state index in [2.05, 4.69) is 20.4 Å². The molecule has 78 valence electrons. The normalized spacial score (nSPS) is 10.3. The lowest BCUT2D eigenvalue weighted by Crippen LogP contribution is -2.02. The molecule has 0 aliphatic heterocycles. The van der Waals surface area contributed by atoms with Crippen molar-refractivity contribution in [3.8, 4) is 0 Å². The van der Waals surface area contributed by atoms with Gasteiger partial charge in [-0.2, -0.15) is 0 Å². The molecule has 0 saturated carbocycles. The average molecular weight is 208 g/mol. The molecule has 0 spiro atoms. The highest BCUT2D eigenvalue weighted by Gasteiger charge is 2.01. The van der Waals surface area contributed by atoms with Crippen LogP contribution >= 0.6 is 0 Å². The lowest BCUT2D eigenvalue weighted by molar-refractivity contribution is 0.384. The van der Waals surface area contributed by atoms with Gasteiger partial charge in [-0.3, -0.25) is 0 Å². The predicted octanol–water partition coefficient (Wildman–Crippen LogP) is 1.52. The van der Waals surface area contributed by atoms with E-state index in [1.54, 1.807) is 6.07 Å². The van der Waals surface area contributed by atoms with Crippen LogP contribution in [0.25, 0.3) is 0 Å². The van der Waals surface area contributed by atoms with Gasteiger partial charge in [-0.25, -0.2) is 14.4 Å². The maximum Gasteiger partial charge on any atom is 0.223 e. The molecule has 2 heterocycles. The number of hydrogen-bond donors (Lipinski definition) is 1. The monoisotopic (exact) mass is 208 g/mol. The Morgan fingerprint density at radius 3 is 2.73 bits per heavy atom. The largest absolute Gasteiger partial charge is 0.359 e. The lowest BCUT2D eigenvalue weighted by Gasteiger charge is -1.99. The summed E-state index contributed by atoms with van der Waals surface area (Å²) in [6.07, 6.45) is 2.20. The van der Waals surface area contributed by atoms with Crippen LogP contribution in [0.5, 0.6) is 0 Å². The van der Waals surface area contributed by atoms with Gasteiger partial charge in [0.2, 0.25) is 5.95 Å². The third kappa shape index (κ3) is 2.49. The summed E-state index contributed by atoms with van der Waals surface area (Å²) in [5.41, 5.74) is 0.812. The first-order chi connectivity index (χ1) is 7.24. The van der Waals surface area contributed by atoms with Gasteiger partial charge < -0.3 is 9.84 Å². The second kappa shape index (κ2) is 4.04. The third-order valence-electron chi connectivity index (χ3n) is 1.72. The first-order valence-electron chi connectivity index (χ1n) is 4.37. The van der Waals surface area contributed by atoms with Gasteiger partial charge in [0.25, 0.3) is 0 Å². The highest BCUT2D eigenvalue weighted by molar-refractivity contribution is 5.23. The summed E-state index contributed by atoms with van der Waals surface area (Å²) in [6, 6.07) is 1.80. The number of aryl methyl sites for hydroxylation is 1. The first kappa shape index (κ1) is 9.57. The summed E-state index contributed by atoms with van der Waals surface area (Å²) in [5, 5.41) is 6.61. The van der Waals surface area contributed by atoms with E-state index >= 15 is 0 Å². The molecule has 0 radical (unpaired) electrons. The summed E-state index contributed by atoms with van der Waals surface area (Å²) < 4.78 is 17.4. The minimum Gasteiger partial charge on any atom is -0.359 e. The average Bonchev–Trinajstić information content (AvgIpc) is 2.64. The van der Waals surface area contributed by atoms with Crippen molar-refractivity contribution in [2.24, 2.45) is 0 Å². The first-order valence-corrected chi connectivity index (χ1v) is 4.37. The maximum absolute atomic E-state index is 12.5. The Balaban J connectivity index is 1.96. The maximum atomic E-state index is 12.5. The van der Waals surface area contributed by atoms with Gasteiger partial charge >= 0.3 is 0 Å². The SMILES string of the molecule is Cc1cc(CNc2ncc(F)cn2)on1. The van der Waals surface area contributed by atoms with Gasteiger partial charge in [-0.05, 0) is 6.92 Å². The molecule has 2 aromatic rings. The topological polar surface area (TPSA) is 63.8 Å². The number of nitrogens with one attached hydrogen (secondary N) is 1. The molecule has 0 bridgehead atoms. The van der Waals surface area contributed by atoms with E-state index in [1.807, 2.05) is 6.92 Å². The minimum absolute atomic E-state index is 0.352. The van der Waals surface area contributed by atoms with Crippen LogP contribution in [-0.4, -0.2) is 15.1 Å². The van der Waals surface area contributed by atoms with E-state index in [9.17, 15) is 4.39 Å². The highest BCUT2D eigenvalue weighted by Crippen LogP contribution is 2.05. The fraction of sp³-hybridized carbons (Fsp3) is 0.222. The molecule has 0 fully saturated rings. The third-order valence-corrected chi connectivity index (χ3v) is 1.72. The van der Waals surface area contributed by atoms with Crippen LogP contribution in [0, 0.1) is 12.7 Å². The van der Waals surface area contributed by atoms with Crippen LogP contribution in [0.2, 0.25) is 0 Å². The van der Waals surface area contributed by atoms with Gasteiger partial charge in [-0.1, -0.05) is 5.16 Å². The fourth-order valence-corrected chi connectivity index (χ4v) is 1.07. The van der Waals surface area contributed by atoms with E-state index in [-0.39, 0.29) is 0 Å². The standard InChI is InChI=1S/C9H9FN4O/c1-6-2-8(15-14-6)5-13-9-11-3-7(10)4-12-9/h2-4H,5H2,1H3,(H,11,12,13). The fourth-order valence-electron chi connectivity index (χ4n) is 1.07.